The third-order valence-corrected chi connectivity index (χ3v) is 5.21. The average molecular weight is 400 g/mol. The Labute approximate surface area is 165 Å². The quantitative estimate of drug-likeness (QED) is 0.537. The molecular weight excluding hydrogens is 380 g/mol. The number of imide groups is 2. The van der Waals surface area contributed by atoms with Crippen molar-refractivity contribution in [1.29, 1.82) is 0 Å². The van der Waals surface area contributed by atoms with Crippen LogP contribution in [-0.4, -0.2) is 66.2 Å². The highest BCUT2D eigenvalue weighted by atomic mass is 16.5. The van der Waals surface area contributed by atoms with E-state index in [1.807, 2.05) is 0 Å². The van der Waals surface area contributed by atoms with Crippen molar-refractivity contribution in [3.63, 3.8) is 0 Å². The molecule has 5 amide bonds. The lowest BCUT2D eigenvalue weighted by Gasteiger charge is -2.27. The Bertz CT molecular complexity index is 908. The Balaban J connectivity index is 1.49. The van der Waals surface area contributed by atoms with Gasteiger partial charge in [-0.2, -0.15) is 0 Å². The van der Waals surface area contributed by atoms with Gasteiger partial charge in [0.15, 0.2) is 6.61 Å². The second-order valence-corrected chi connectivity index (χ2v) is 7.17. The SMILES string of the molecule is O=C1CCC(N2C(=O)c3cccc(OCC(=O)NC4CCNC4)c3C2=O)C(=O)N1. The minimum absolute atomic E-state index is 0.0255. The van der Waals surface area contributed by atoms with Crippen molar-refractivity contribution in [2.75, 3.05) is 19.7 Å². The Hall–Kier alpha value is -3.27. The second-order valence-electron chi connectivity index (χ2n) is 7.17. The summed E-state index contributed by atoms with van der Waals surface area (Å²) in [5.74, 6) is -2.62. The number of nitrogens with one attached hydrogen (secondary N) is 3. The van der Waals surface area contributed by atoms with Gasteiger partial charge in [-0.15, -0.1) is 0 Å². The predicted molar refractivity (Wildman–Crippen MR) is 98.0 cm³/mol. The number of nitrogens with zero attached hydrogens (tertiary/aromatic N) is 1. The van der Waals surface area contributed by atoms with Gasteiger partial charge < -0.3 is 15.4 Å². The summed E-state index contributed by atoms with van der Waals surface area (Å²) in [6, 6.07) is 3.51. The summed E-state index contributed by atoms with van der Waals surface area (Å²) in [6.45, 7) is 1.23. The van der Waals surface area contributed by atoms with Crippen molar-refractivity contribution in [1.82, 2.24) is 20.9 Å². The zero-order chi connectivity index (χ0) is 20.5. The lowest BCUT2D eigenvalue weighted by atomic mass is 10.0. The van der Waals surface area contributed by atoms with Crippen LogP contribution in [-0.2, 0) is 14.4 Å². The molecule has 0 radical (unpaired) electrons. The summed E-state index contributed by atoms with van der Waals surface area (Å²) in [4.78, 5) is 62.1. The van der Waals surface area contributed by atoms with Crippen LogP contribution >= 0.6 is 0 Å². The highest BCUT2D eigenvalue weighted by molar-refractivity contribution is 6.24. The molecule has 3 heterocycles. The van der Waals surface area contributed by atoms with Crippen molar-refractivity contribution in [2.45, 2.75) is 31.3 Å². The number of ether oxygens (including phenoxy) is 1. The number of amides is 5. The number of piperidine rings is 1. The molecule has 10 nitrogen and oxygen atoms in total. The molecule has 0 spiro atoms. The van der Waals surface area contributed by atoms with E-state index in [0.717, 1.165) is 17.9 Å². The number of benzene rings is 1. The van der Waals surface area contributed by atoms with E-state index in [9.17, 15) is 24.0 Å². The van der Waals surface area contributed by atoms with E-state index in [4.69, 9.17) is 4.74 Å². The number of hydrogen-bond acceptors (Lipinski definition) is 7. The van der Waals surface area contributed by atoms with Crippen LogP contribution in [0.4, 0.5) is 0 Å². The zero-order valence-electron chi connectivity index (χ0n) is 15.5. The summed E-state index contributed by atoms with van der Waals surface area (Å²) in [5.41, 5.74) is 0.134. The average Bonchev–Trinajstić information content (AvgIpc) is 3.28. The fourth-order valence-corrected chi connectivity index (χ4v) is 3.79. The molecule has 0 aromatic heterocycles. The van der Waals surface area contributed by atoms with Gasteiger partial charge in [-0.3, -0.25) is 34.2 Å². The maximum absolute atomic E-state index is 12.9. The fourth-order valence-electron chi connectivity index (χ4n) is 3.79. The number of carbonyl (C=O) groups is 5. The van der Waals surface area contributed by atoms with Crippen molar-refractivity contribution in [3.05, 3.63) is 29.3 Å². The number of fused-ring (bicyclic) bond motifs is 1. The molecule has 0 saturated carbocycles. The van der Waals surface area contributed by atoms with Crippen LogP contribution in [0.25, 0.3) is 0 Å². The minimum atomic E-state index is -1.05. The molecule has 4 rings (SSSR count). The van der Waals surface area contributed by atoms with Crippen LogP contribution in [0.15, 0.2) is 18.2 Å². The Morgan fingerprint density at radius 1 is 1.17 bits per heavy atom. The smallest absolute Gasteiger partial charge is 0.266 e. The lowest BCUT2D eigenvalue weighted by molar-refractivity contribution is -0.136. The van der Waals surface area contributed by atoms with Crippen LogP contribution in [0.2, 0.25) is 0 Å². The number of rotatable bonds is 5. The zero-order valence-corrected chi connectivity index (χ0v) is 15.5. The summed E-state index contributed by atoms with van der Waals surface area (Å²) < 4.78 is 5.53. The first kappa shape index (κ1) is 19.1. The van der Waals surface area contributed by atoms with E-state index >= 15 is 0 Å². The van der Waals surface area contributed by atoms with E-state index in [1.54, 1.807) is 6.07 Å². The van der Waals surface area contributed by atoms with Crippen LogP contribution in [0.5, 0.6) is 5.75 Å². The first-order valence-corrected chi connectivity index (χ1v) is 9.43. The molecule has 0 aliphatic carbocycles. The number of hydrogen-bond donors (Lipinski definition) is 3. The molecule has 2 unspecified atom stereocenters. The third kappa shape index (κ3) is 3.58. The summed E-state index contributed by atoms with van der Waals surface area (Å²) in [7, 11) is 0. The third-order valence-electron chi connectivity index (χ3n) is 5.21. The van der Waals surface area contributed by atoms with Crippen LogP contribution in [0.3, 0.4) is 0 Å². The van der Waals surface area contributed by atoms with Crippen molar-refractivity contribution < 1.29 is 28.7 Å². The van der Waals surface area contributed by atoms with Gasteiger partial charge >= 0.3 is 0 Å². The number of carbonyl (C=O) groups excluding carboxylic acids is 5. The maximum Gasteiger partial charge on any atom is 0.266 e. The van der Waals surface area contributed by atoms with Crippen LogP contribution < -0.4 is 20.7 Å². The first-order chi connectivity index (χ1) is 14.0. The molecule has 29 heavy (non-hydrogen) atoms. The summed E-state index contributed by atoms with van der Waals surface area (Å²) in [6.07, 6.45) is 0.952. The Morgan fingerprint density at radius 3 is 2.72 bits per heavy atom. The molecule has 1 aromatic carbocycles. The Morgan fingerprint density at radius 2 is 2.00 bits per heavy atom. The van der Waals surface area contributed by atoms with Gasteiger partial charge in [0, 0.05) is 19.0 Å². The largest absolute Gasteiger partial charge is 0.483 e. The van der Waals surface area contributed by atoms with E-state index < -0.39 is 29.7 Å². The van der Waals surface area contributed by atoms with Crippen LogP contribution in [0, 0.1) is 0 Å². The van der Waals surface area contributed by atoms with Gasteiger partial charge in [0.05, 0.1) is 11.1 Å². The molecule has 2 fully saturated rings. The van der Waals surface area contributed by atoms with E-state index in [-0.39, 0.29) is 48.3 Å². The summed E-state index contributed by atoms with van der Waals surface area (Å²) in [5, 5.41) is 8.13. The molecule has 3 aliphatic rings. The lowest BCUT2D eigenvalue weighted by Crippen LogP contribution is -2.54. The van der Waals surface area contributed by atoms with Gasteiger partial charge in [-0.25, -0.2) is 0 Å². The standard InChI is InChI=1S/C19H20N4O6/c24-14-5-4-12(17(26)22-14)23-18(27)11-2-1-3-13(16(11)19(23)28)29-9-15(25)21-10-6-7-20-8-10/h1-3,10,12,20H,4-9H2,(H,21,25)(H,22,24,26). The van der Waals surface area contributed by atoms with Gasteiger partial charge in [-0.1, -0.05) is 6.07 Å². The van der Waals surface area contributed by atoms with Gasteiger partial charge in [0.1, 0.15) is 11.8 Å². The molecular formula is C19H20N4O6. The normalized spacial score (nSPS) is 23.8. The van der Waals surface area contributed by atoms with Crippen molar-refractivity contribution in [3.8, 4) is 5.75 Å². The molecule has 3 N–H and O–H groups in total. The molecule has 3 aliphatic heterocycles. The summed E-state index contributed by atoms with van der Waals surface area (Å²) >= 11 is 0. The van der Waals surface area contributed by atoms with Gasteiger partial charge in [-0.05, 0) is 31.5 Å². The molecule has 0 bridgehead atoms. The monoisotopic (exact) mass is 400 g/mol. The highest BCUT2D eigenvalue weighted by Gasteiger charge is 2.46. The van der Waals surface area contributed by atoms with Crippen molar-refractivity contribution >= 4 is 29.5 Å². The first-order valence-electron chi connectivity index (χ1n) is 9.43. The molecule has 10 heteroatoms. The predicted octanol–water partition coefficient (Wildman–Crippen LogP) is -1.06. The molecule has 2 atom stereocenters. The molecule has 1 aromatic rings. The van der Waals surface area contributed by atoms with E-state index in [2.05, 4.69) is 16.0 Å². The van der Waals surface area contributed by atoms with E-state index in [0.29, 0.717) is 6.54 Å². The van der Waals surface area contributed by atoms with Crippen molar-refractivity contribution in [2.24, 2.45) is 0 Å². The molecule has 2 saturated heterocycles. The Kier molecular flexibility index (Phi) is 5.01. The molecule has 152 valence electrons. The second kappa shape index (κ2) is 7.63. The van der Waals surface area contributed by atoms with Gasteiger partial charge in [0.25, 0.3) is 17.7 Å². The highest BCUT2D eigenvalue weighted by Crippen LogP contribution is 2.33. The van der Waals surface area contributed by atoms with E-state index in [1.165, 1.54) is 12.1 Å². The minimum Gasteiger partial charge on any atom is -0.483 e. The van der Waals surface area contributed by atoms with Crippen LogP contribution in [0.1, 0.15) is 40.0 Å². The van der Waals surface area contributed by atoms with Gasteiger partial charge in [0.2, 0.25) is 11.8 Å². The topological polar surface area (TPSA) is 134 Å². The fraction of sp³-hybridized carbons (Fsp3) is 0.421. The maximum atomic E-state index is 12.9.